The number of carboxylic acid groups (broad SMARTS) is 1. The Morgan fingerprint density at radius 2 is 2.05 bits per heavy atom. The number of rotatable bonds is 4. The number of hydrogen-bond donors (Lipinski definition) is 1. The maximum atomic E-state index is 13.1. The first-order valence-electron chi connectivity index (χ1n) is 6.43. The lowest BCUT2D eigenvalue weighted by molar-refractivity contribution is -0.137. The van der Waals surface area contributed by atoms with Crippen LogP contribution in [-0.4, -0.2) is 35.0 Å². The topological polar surface area (TPSA) is 57.6 Å². The number of benzene rings is 1. The van der Waals surface area contributed by atoms with E-state index in [4.69, 9.17) is 5.11 Å². The van der Waals surface area contributed by atoms with Gasteiger partial charge in [-0.15, -0.1) is 0 Å². The van der Waals surface area contributed by atoms with E-state index in [1.165, 1.54) is 6.07 Å². The van der Waals surface area contributed by atoms with Gasteiger partial charge in [-0.25, -0.2) is 8.78 Å². The van der Waals surface area contributed by atoms with Gasteiger partial charge < -0.3 is 10.0 Å². The summed E-state index contributed by atoms with van der Waals surface area (Å²) in [6.45, 7) is 0.979. The van der Waals surface area contributed by atoms with Crippen LogP contribution < -0.4 is 0 Å². The Hall–Kier alpha value is -1.98. The molecule has 1 atom stereocenters. The Kier molecular flexibility index (Phi) is 4.32. The highest BCUT2D eigenvalue weighted by atomic mass is 19.2. The van der Waals surface area contributed by atoms with E-state index in [0.717, 1.165) is 18.6 Å². The summed E-state index contributed by atoms with van der Waals surface area (Å²) in [5.74, 6) is -3.07. The number of halogens is 2. The fraction of sp³-hybridized carbons (Fsp3) is 0.429. The van der Waals surface area contributed by atoms with Gasteiger partial charge in [-0.3, -0.25) is 9.59 Å². The number of nitrogens with zero attached hydrogens (tertiary/aromatic N) is 1. The van der Waals surface area contributed by atoms with E-state index in [1.807, 2.05) is 0 Å². The van der Waals surface area contributed by atoms with E-state index in [-0.39, 0.29) is 23.8 Å². The molecule has 1 aromatic rings. The van der Waals surface area contributed by atoms with Crippen LogP contribution in [0.15, 0.2) is 18.2 Å². The molecule has 1 amide bonds. The lowest BCUT2D eigenvalue weighted by Gasteiger charge is -2.16. The predicted octanol–water partition coefficient (Wildman–Crippen LogP) is 2.29. The first-order chi connectivity index (χ1) is 9.47. The summed E-state index contributed by atoms with van der Waals surface area (Å²) in [5, 5.41) is 8.63. The van der Waals surface area contributed by atoms with Crippen LogP contribution in [0.4, 0.5) is 8.78 Å². The van der Waals surface area contributed by atoms with E-state index in [0.29, 0.717) is 19.5 Å². The third-order valence-electron chi connectivity index (χ3n) is 3.51. The second-order valence-corrected chi connectivity index (χ2v) is 4.97. The van der Waals surface area contributed by atoms with Gasteiger partial charge in [0.05, 0.1) is 0 Å². The molecule has 2 rings (SSSR count). The molecule has 0 bridgehead atoms. The summed E-state index contributed by atoms with van der Waals surface area (Å²) < 4.78 is 25.9. The lowest BCUT2D eigenvalue weighted by Crippen LogP contribution is -2.28. The Balaban J connectivity index is 1.97. The lowest BCUT2D eigenvalue weighted by atomic mass is 10.0. The number of likely N-dealkylation sites (tertiary alicyclic amines) is 1. The van der Waals surface area contributed by atoms with E-state index in [9.17, 15) is 18.4 Å². The Morgan fingerprint density at radius 3 is 2.70 bits per heavy atom. The Labute approximate surface area is 115 Å². The van der Waals surface area contributed by atoms with Crippen LogP contribution in [0.5, 0.6) is 0 Å². The van der Waals surface area contributed by atoms with Gasteiger partial charge in [0.1, 0.15) is 0 Å². The van der Waals surface area contributed by atoms with Gasteiger partial charge in [0.25, 0.3) is 5.91 Å². The summed E-state index contributed by atoms with van der Waals surface area (Å²) in [5.41, 5.74) is 0.114. The molecule has 108 valence electrons. The summed E-state index contributed by atoms with van der Waals surface area (Å²) in [7, 11) is 0. The molecule has 0 spiro atoms. The van der Waals surface area contributed by atoms with Crippen molar-refractivity contribution >= 4 is 11.9 Å². The van der Waals surface area contributed by atoms with Crippen molar-refractivity contribution in [1.29, 1.82) is 0 Å². The number of carboxylic acids is 1. The van der Waals surface area contributed by atoms with Gasteiger partial charge in [0.15, 0.2) is 11.6 Å². The van der Waals surface area contributed by atoms with Crippen molar-refractivity contribution in [3.8, 4) is 0 Å². The van der Waals surface area contributed by atoms with Crippen molar-refractivity contribution in [3.05, 3.63) is 35.4 Å². The average Bonchev–Trinajstić information content (AvgIpc) is 2.87. The van der Waals surface area contributed by atoms with Crippen molar-refractivity contribution in [3.63, 3.8) is 0 Å². The van der Waals surface area contributed by atoms with Crippen molar-refractivity contribution in [2.24, 2.45) is 5.92 Å². The predicted molar refractivity (Wildman–Crippen MR) is 67.2 cm³/mol. The van der Waals surface area contributed by atoms with Gasteiger partial charge in [-0.05, 0) is 37.0 Å². The molecule has 4 nitrogen and oxygen atoms in total. The van der Waals surface area contributed by atoms with Crippen LogP contribution in [0, 0.1) is 17.6 Å². The van der Waals surface area contributed by atoms with E-state index < -0.39 is 17.6 Å². The Morgan fingerprint density at radius 1 is 1.30 bits per heavy atom. The molecule has 0 aliphatic carbocycles. The van der Waals surface area contributed by atoms with Crippen molar-refractivity contribution < 1.29 is 23.5 Å². The molecule has 1 aliphatic rings. The second-order valence-electron chi connectivity index (χ2n) is 4.97. The van der Waals surface area contributed by atoms with Crippen LogP contribution in [-0.2, 0) is 4.79 Å². The molecule has 0 saturated carbocycles. The number of carbonyl (C=O) groups is 2. The zero-order valence-corrected chi connectivity index (χ0v) is 10.8. The number of amides is 1. The monoisotopic (exact) mass is 283 g/mol. The molecule has 1 saturated heterocycles. The highest BCUT2D eigenvalue weighted by Crippen LogP contribution is 2.23. The number of hydrogen-bond acceptors (Lipinski definition) is 2. The summed E-state index contributed by atoms with van der Waals surface area (Å²) in [6.07, 6.45) is 1.34. The van der Waals surface area contributed by atoms with Crippen LogP contribution >= 0.6 is 0 Å². The zero-order valence-electron chi connectivity index (χ0n) is 10.8. The second kappa shape index (κ2) is 5.98. The minimum atomic E-state index is -1.04. The van der Waals surface area contributed by atoms with Gasteiger partial charge >= 0.3 is 5.97 Å². The van der Waals surface area contributed by atoms with E-state index in [1.54, 1.807) is 4.90 Å². The minimum Gasteiger partial charge on any atom is -0.481 e. The molecule has 0 aromatic heterocycles. The zero-order chi connectivity index (χ0) is 14.7. The van der Waals surface area contributed by atoms with Gasteiger partial charge in [0.2, 0.25) is 0 Å². The molecule has 1 aromatic carbocycles. The van der Waals surface area contributed by atoms with Crippen molar-refractivity contribution in [2.75, 3.05) is 13.1 Å². The molecule has 1 heterocycles. The largest absolute Gasteiger partial charge is 0.481 e. The maximum Gasteiger partial charge on any atom is 0.303 e. The average molecular weight is 283 g/mol. The first-order valence-corrected chi connectivity index (χ1v) is 6.43. The quantitative estimate of drug-likeness (QED) is 0.922. The van der Waals surface area contributed by atoms with Crippen LogP contribution in [0.1, 0.15) is 29.6 Å². The van der Waals surface area contributed by atoms with Crippen LogP contribution in [0.3, 0.4) is 0 Å². The van der Waals surface area contributed by atoms with Gasteiger partial charge in [-0.1, -0.05) is 0 Å². The van der Waals surface area contributed by atoms with E-state index in [2.05, 4.69) is 0 Å². The molecule has 1 unspecified atom stereocenters. The third-order valence-corrected chi connectivity index (χ3v) is 3.51. The number of carbonyl (C=O) groups excluding carboxylic acids is 1. The van der Waals surface area contributed by atoms with Crippen molar-refractivity contribution in [2.45, 2.75) is 19.3 Å². The molecule has 1 N–H and O–H groups in total. The molecule has 6 heteroatoms. The number of aliphatic carboxylic acids is 1. The highest BCUT2D eigenvalue weighted by molar-refractivity contribution is 5.94. The molecular weight excluding hydrogens is 268 g/mol. The summed E-state index contributed by atoms with van der Waals surface area (Å²) in [4.78, 5) is 24.2. The van der Waals surface area contributed by atoms with Crippen LogP contribution in [0.25, 0.3) is 0 Å². The maximum absolute atomic E-state index is 13.1. The van der Waals surface area contributed by atoms with Crippen LogP contribution in [0.2, 0.25) is 0 Å². The third kappa shape index (κ3) is 3.31. The normalized spacial score (nSPS) is 18.3. The molecule has 1 aliphatic heterocycles. The molecule has 0 radical (unpaired) electrons. The smallest absolute Gasteiger partial charge is 0.303 e. The molecule has 1 fully saturated rings. The SMILES string of the molecule is O=C(O)CCC1CCN(C(=O)c2ccc(F)c(F)c2)C1. The molecule has 20 heavy (non-hydrogen) atoms. The highest BCUT2D eigenvalue weighted by Gasteiger charge is 2.27. The molecular formula is C14H15F2NO3. The fourth-order valence-electron chi connectivity index (χ4n) is 2.39. The van der Waals surface area contributed by atoms with Gasteiger partial charge in [-0.2, -0.15) is 0 Å². The Bertz CT molecular complexity index is 533. The minimum absolute atomic E-state index is 0.0812. The van der Waals surface area contributed by atoms with Crippen molar-refractivity contribution in [1.82, 2.24) is 4.90 Å². The van der Waals surface area contributed by atoms with Gasteiger partial charge in [0, 0.05) is 25.1 Å². The first kappa shape index (κ1) is 14.4. The summed E-state index contributed by atoms with van der Waals surface area (Å²) in [6, 6.07) is 3.08. The van der Waals surface area contributed by atoms with E-state index >= 15 is 0 Å². The summed E-state index contributed by atoms with van der Waals surface area (Å²) >= 11 is 0. The standard InChI is InChI=1S/C14H15F2NO3/c15-11-3-2-10(7-12(11)16)14(20)17-6-5-9(8-17)1-4-13(18)19/h2-3,7,9H,1,4-6,8H2,(H,18,19). The fourth-order valence-corrected chi connectivity index (χ4v) is 2.39.